The molecule has 0 bridgehead atoms. The molecule has 1 aromatic carbocycles. The first-order valence-electron chi connectivity index (χ1n) is 12.8. The van der Waals surface area contributed by atoms with Crippen LogP contribution in [0.2, 0.25) is 0 Å². The molecule has 0 fully saturated rings. The Morgan fingerprint density at radius 1 is 1.00 bits per heavy atom. The third-order valence-corrected chi connectivity index (χ3v) is 8.78. The number of aromatic nitrogens is 3. The zero-order valence-electron chi connectivity index (χ0n) is 22.9. The van der Waals surface area contributed by atoms with E-state index >= 15 is 0 Å². The second-order valence-electron chi connectivity index (χ2n) is 8.92. The number of hydrogen-bond donors (Lipinski definition) is 1. The van der Waals surface area contributed by atoms with Gasteiger partial charge in [0.2, 0.25) is 11.7 Å². The Hall–Kier alpha value is -3.25. The molecule has 1 N–H and O–H groups in total. The number of methoxy groups -OCH3 is 4. The van der Waals surface area contributed by atoms with Crippen LogP contribution >= 0.6 is 23.1 Å². The molecule has 2 aromatic heterocycles. The van der Waals surface area contributed by atoms with Crippen LogP contribution in [0.1, 0.15) is 53.4 Å². The maximum atomic E-state index is 13.0. The van der Waals surface area contributed by atoms with E-state index in [1.807, 2.05) is 23.6 Å². The number of fused-ring (bicyclic) bond motifs is 1. The lowest BCUT2D eigenvalue weighted by Crippen LogP contribution is -2.17. The van der Waals surface area contributed by atoms with Crippen molar-refractivity contribution in [2.24, 2.45) is 0 Å². The van der Waals surface area contributed by atoms with Gasteiger partial charge in [0.25, 0.3) is 0 Å². The van der Waals surface area contributed by atoms with Crippen LogP contribution in [0.25, 0.3) is 11.4 Å². The van der Waals surface area contributed by atoms with Gasteiger partial charge >= 0.3 is 5.97 Å². The summed E-state index contributed by atoms with van der Waals surface area (Å²) in [5.41, 5.74) is 2.27. The van der Waals surface area contributed by atoms with Gasteiger partial charge in [0.1, 0.15) is 5.00 Å². The highest BCUT2D eigenvalue weighted by Crippen LogP contribution is 2.41. The van der Waals surface area contributed by atoms with Crippen molar-refractivity contribution in [2.75, 3.05) is 39.5 Å². The van der Waals surface area contributed by atoms with Crippen molar-refractivity contribution in [2.45, 2.75) is 57.1 Å². The lowest BCUT2D eigenvalue weighted by atomic mass is 9.96. The lowest BCUT2D eigenvalue weighted by molar-refractivity contribution is -0.113. The van der Waals surface area contributed by atoms with Gasteiger partial charge in [-0.05, 0) is 50.3 Å². The van der Waals surface area contributed by atoms with Gasteiger partial charge in [0.05, 0.1) is 39.8 Å². The quantitative estimate of drug-likeness (QED) is 0.257. The Bertz CT molecular complexity index is 1310. The number of hydrogen-bond acceptors (Lipinski definition) is 10. The van der Waals surface area contributed by atoms with Crippen molar-refractivity contribution in [3.8, 4) is 28.6 Å². The molecule has 0 saturated carbocycles. The number of benzene rings is 1. The summed E-state index contributed by atoms with van der Waals surface area (Å²) in [5.74, 6) is 1.61. The van der Waals surface area contributed by atoms with Crippen LogP contribution in [-0.4, -0.2) is 60.8 Å². The summed E-state index contributed by atoms with van der Waals surface area (Å²) in [6.45, 7) is 2.58. The van der Waals surface area contributed by atoms with E-state index in [-0.39, 0.29) is 11.7 Å². The Morgan fingerprint density at radius 3 is 2.31 bits per heavy atom. The van der Waals surface area contributed by atoms with Crippen molar-refractivity contribution < 1.29 is 28.5 Å². The molecule has 0 atom stereocenters. The van der Waals surface area contributed by atoms with E-state index in [0.717, 1.165) is 43.2 Å². The normalized spacial score (nSPS) is 13.2. The minimum absolute atomic E-state index is 0.108. The van der Waals surface area contributed by atoms with E-state index in [4.69, 9.17) is 18.9 Å². The molecule has 0 saturated heterocycles. The number of nitrogens with zero attached hydrogens (tertiary/aromatic N) is 3. The zero-order chi connectivity index (χ0) is 27.9. The van der Waals surface area contributed by atoms with Gasteiger partial charge in [-0.2, -0.15) is 0 Å². The average Bonchev–Trinajstić information content (AvgIpc) is 3.50. The minimum atomic E-state index is -0.406. The summed E-state index contributed by atoms with van der Waals surface area (Å²) >= 11 is 2.77. The van der Waals surface area contributed by atoms with Gasteiger partial charge in [-0.25, -0.2) is 4.79 Å². The lowest BCUT2D eigenvalue weighted by Gasteiger charge is -2.14. The summed E-state index contributed by atoms with van der Waals surface area (Å²) in [6.07, 6.45) is 6.17. The standard InChI is InChI=1S/C27H34N4O6S2/c1-6-31-24(16-13-18(34-2)23(36-4)19(14-16)35-3)29-30-27(31)38-15-21(32)28-25-22(26(33)37-5)17-11-9-7-8-10-12-20(17)39-25/h13-14H,6-12,15H2,1-5H3,(H,28,32). The summed E-state index contributed by atoms with van der Waals surface area (Å²) in [4.78, 5) is 26.9. The Balaban J connectivity index is 1.53. The van der Waals surface area contributed by atoms with Crippen LogP contribution < -0.4 is 19.5 Å². The third-order valence-electron chi connectivity index (χ3n) is 6.60. The van der Waals surface area contributed by atoms with E-state index in [1.165, 1.54) is 41.5 Å². The Labute approximate surface area is 236 Å². The number of esters is 1. The predicted octanol–water partition coefficient (Wildman–Crippen LogP) is 5.23. The number of carbonyl (C=O) groups excluding carboxylic acids is 2. The Kier molecular flexibility index (Phi) is 9.73. The largest absolute Gasteiger partial charge is 0.493 e. The summed E-state index contributed by atoms with van der Waals surface area (Å²) in [7, 11) is 6.05. The summed E-state index contributed by atoms with van der Waals surface area (Å²) in [6, 6.07) is 3.63. The molecule has 1 amide bonds. The smallest absolute Gasteiger partial charge is 0.341 e. The molecule has 0 aliphatic heterocycles. The van der Waals surface area contributed by atoms with Gasteiger partial charge in [0, 0.05) is 17.0 Å². The van der Waals surface area contributed by atoms with Crippen molar-refractivity contribution >= 4 is 40.0 Å². The van der Waals surface area contributed by atoms with Crippen LogP contribution in [0.5, 0.6) is 17.2 Å². The number of rotatable bonds is 10. The van der Waals surface area contributed by atoms with Crippen LogP contribution in [0.4, 0.5) is 5.00 Å². The monoisotopic (exact) mass is 574 g/mol. The van der Waals surface area contributed by atoms with Gasteiger partial charge in [-0.15, -0.1) is 21.5 Å². The van der Waals surface area contributed by atoms with E-state index in [1.54, 1.807) is 21.3 Å². The van der Waals surface area contributed by atoms with Crippen LogP contribution in [0, 0.1) is 0 Å². The summed E-state index contributed by atoms with van der Waals surface area (Å²) < 4.78 is 23.4. The maximum absolute atomic E-state index is 13.0. The fourth-order valence-electron chi connectivity index (χ4n) is 4.72. The molecule has 12 heteroatoms. The highest BCUT2D eigenvalue weighted by molar-refractivity contribution is 7.99. The van der Waals surface area contributed by atoms with Crippen molar-refractivity contribution in [3.63, 3.8) is 0 Å². The van der Waals surface area contributed by atoms with E-state index in [2.05, 4.69) is 15.5 Å². The molecular weight excluding hydrogens is 540 g/mol. The van der Waals surface area contributed by atoms with Gasteiger partial charge in [0.15, 0.2) is 22.5 Å². The minimum Gasteiger partial charge on any atom is -0.493 e. The fourth-order valence-corrected chi connectivity index (χ4v) is 6.82. The molecule has 0 unspecified atom stereocenters. The molecule has 1 aliphatic rings. The molecular formula is C27H34N4O6S2. The molecule has 2 heterocycles. The van der Waals surface area contributed by atoms with Crippen molar-refractivity contribution in [3.05, 3.63) is 28.1 Å². The molecule has 0 radical (unpaired) electrons. The van der Waals surface area contributed by atoms with E-state index in [0.29, 0.717) is 45.3 Å². The number of amides is 1. The number of anilines is 1. The number of aryl methyl sites for hydroxylation is 1. The molecule has 0 spiro atoms. The van der Waals surface area contributed by atoms with E-state index < -0.39 is 5.97 Å². The first-order valence-corrected chi connectivity index (χ1v) is 14.6. The fraction of sp³-hybridized carbons (Fsp3) is 0.481. The van der Waals surface area contributed by atoms with Crippen LogP contribution in [0.15, 0.2) is 17.3 Å². The third kappa shape index (κ3) is 6.17. The van der Waals surface area contributed by atoms with Crippen molar-refractivity contribution in [1.29, 1.82) is 0 Å². The van der Waals surface area contributed by atoms with Gasteiger partial charge < -0.3 is 28.8 Å². The molecule has 210 valence electrons. The van der Waals surface area contributed by atoms with E-state index in [9.17, 15) is 9.59 Å². The molecule has 39 heavy (non-hydrogen) atoms. The average molecular weight is 575 g/mol. The number of carbonyl (C=O) groups is 2. The van der Waals surface area contributed by atoms with Crippen LogP contribution in [0.3, 0.4) is 0 Å². The second kappa shape index (κ2) is 13.2. The highest BCUT2D eigenvalue weighted by atomic mass is 32.2. The molecule has 3 aromatic rings. The predicted molar refractivity (Wildman–Crippen MR) is 152 cm³/mol. The first kappa shape index (κ1) is 28.8. The number of ether oxygens (including phenoxy) is 4. The number of thioether (sulfide) groups is 1. The Morgan fingerprint density at radius 2 is 1.69 bits per heavy atom. The van der Waals surface area contributed by atoms with Crippen LogP contribution in [-0.2, 0) is 28.9 Å². The second-order valence-corrected chi connectivity index (χ2v) is 11.0. The highest BCUT2D eigenvalue weighted by Gasteiger charge is 2.26. The van der Waals surface area contributed by atoms with Gasteiger partial charge in [-0.3, -0.25) is 4.79 Å². The molecule has 1 aliphatic carbocycles. The molecule has 10 nitrogen and oxygen atoms in total. The zero-order valence-corrected chi connectivity index (χ0v) is 24.6. The molecule has 4 rings (SSSR count). The number of thiophene rings is 1. The number of nitrogens with one attached hydrogen (secondary N) is 1. The maximum Gasteiger partial charge on any atom is 0.341 e. The van der Waals surface area contributed by atoms with Crippen molar-refractivity contribution in [1.82, 2.24) is 14.8 Å². The topological polar surface area (TPSA) is 114 Å². The van der Waals surface area contributed by atoms with Gasteiger partial charge in [-0.1, -0.05) is 24.6 Å². The SMILES string of the molecule is CCn1c(SCC(=O)Nc2sc3c(c2C(=O)OC)CCCCCC3)nnc1-c1cc(OC)c(OC)c(OC)c1. The summed E-state index contributed by atoms with van der Waals surface area (Å²) in [5, 5.41) is 12.9. The first-order chi connectivity index (χ1) is 18.9.